The molecule has 0 radical (unpaired) electrons. The van der Waals surface area contributed by atoms with Gasteiger partial charge in [-0.1, -0.05) is 0 Å². The van der Waals surface area contributed by atoms with Crippen molar-refractivity contribution >= 4 is 46.4 Å². The minimum absolute atomic E-state index is 0.503. The zero-order chi connectivity index (χ0) is 62.3. The SMILES string of the molecule is COc1c2c(c(-c3c4nc(c(-c5c6c(c(OC)c7c5[C@@H]5CC[C@H]7C5)[C@H]5CC[C@@H]6C5)c5ccc([nH]5)c(-c5c6c(c(OC)c7c5[C@@H]5CC[C@H]7C5)[C@H]5CC[C@@H]6C5)c5ccc([nH]5)c(-c5c6c(c(OC)c7c5[C@@H]5CC[C@H]7C5)[C@H]5CC[C@@H]6C5)c5nc3C=C5)C=C4)c3c1[C@H]1CC[C@@H]3C1)[C@@H]1CC[C@H]2C1. The lowest BCUT2D eigenvalue weighted by Crippen LogP contribution is -2.13. The number of rotatable bonds is 8. The highest BCUT2D eigenvalue weighted by Gasteiger charge is 2.55. The van der Waals surface area contributed by atoms with Crippen LogP contribution in [0.4, 0.5) is 0 Å². The summed E-state index contributed by atoms with van der Waals surface area (Å²) in [5.41, 5.74) is 45.7. The van der Waals surface area contributed by atoms with Crippen LogP contribution in [-0.4, -0.2) is 48.4 Å². The summed E-state index contributed by atoms with van der Waals surface area (Å²) in [7, 11) is 7.99. The van der Waals surface area contributed by atoms with Crippen LogP contribution in [0.5, 0.6) is 23.0 Å². The first-order valence-corrected chi connectivity index (χ1v) is 38.7. The van der Waals surface area contributed by atoms with Crippen LogP contribution in [0, 0.1) is 0 Å². The molecule has 2 N–H and O–H groups in total. The number of nitrogens with zero attached hydrogens (tertiary/aromatic N) is 2. The Morgan fingerprint density at radius 2 is 0.406 bits per heavy atom. The molecule has 8 saturated carbocycles. The van der Waals surface area contributed by atoms with Crippen molar-refractivity contribution in [3.8, 4) is 67.5 Å². The monoisotopic (exact) mass is 1260 g/mol. The number of hydrogen-bond acceptors (Lipinski definition) is 6. The number of aromatic nitrogens is 4. The van der Waals surface area contributed by atoms with E-state index in [1.54, 1.807) is 77.9 Å². The van der Waals surface area contributed by atoms with E-state index in [4.69, 9.17) is 28.9 Å². The smallest absolute Gasteiger partial charge is 0.126 e. The zero-order valence-electron chi connectivity index (χ0n) is 56.4. The summed E-state index contributed by atoms with van der Waals surface area (Å²) < 4.78 is 27.3. The Labute approximate surface area is 562 Å². The quantitative estimate of drug-likeness (QED) is 0.157. The standard InChI is InChI=1S/C88H86N4O4/c1-93-85-69-45-13-5-37(29-45)61(69)81(62-38-6-14-46(30-38)70(62)85)77-53-21-23-55(89-53)78(82-63-39-7-15-47(31-39)71(63)86(94-2)72-48-16-8-40(32-48)64(72)82)57-25-27-59(91-57)80(84-67-43-11-19-51(35-43)75(67)88(96-4)76-52-20-12-44(36-52)68(76)84)60-28-26-58(92-60)79(56-24-22-54(77)90-56)83-65-41-9-17-49(33-41)73(65)87(95-3)74-50-18-10-42(34-50)66(74)83/h21-28,37-52,89-90H,5-20,29-36H2,1-4H3/t37-,38-,39-,40-,41-,42-,43-,44-,45+,46+,47+,48+,49+,50+,51+,52+/m1/s1. The maximum atomic E-state index is 6.82. The highest BCUT2D eigenvalue weighted by molar-refractivity contribution is 6.05. The number of H-pyrrole nitrogens is 2. The van der Waals surface area contributed by atoms with E-state index in [1.165, 1.54) is 255 Å². The minimum atomic E-state index is 0.503. The van der Waals surface area contributed by atoms with Gasteiger partial charge in [-0.05, 0) is 364 Å². The summed E-state index contributed by atoms with van der Waals surface area (Å²) in [6, 6.07) is 10.1. The van der Waals surface area contributed by atoms with Crippen molar-refractivity contribution in [2.24, 2.45) is 0 Å². The number of methoxy groups -OCH3 is 4. The van der Waals surface area contributed by atoms with Crippen molar-refractivity contribution < 1.29 is 18.9 Å². The van der Waals surface area contributed by atoms with E-state index in [1.807, 2.05) is 28.4 Å². The van der Waals surface area contributed by atoms with Crippen molar-refractivity contribution in [1.29, 1.82) is 0 Å². The van der Waals surface area contributed by atoms with Crippen LogP contribution < -0.4 is 18.9 Å². The molecular formula is C88H86N4O4. The van der Waals surface area contributed by atoms with Gasteiger partial charge in [-0.15, -0.1) is 0 Å². The maximum absolute atomic E-state index is 6.82. The van der Waals surface area contributed by atoms with E-state index in [9.17, 15) is 0 Å². The Morgan fingerprint density at radius 1 is 0.229 bits per heavy atom. The molecular weight excluding hydrogens is 1180 g/mol. The van der Waals surface area contributed by atoms with E-state index in [0.717, 1.165) is 22.8 Å². The third kappa shape index (κ3) is 6.35. The molecule has 25 rings (SSSR count). The number of aromatic amines is 2. The Bertz CT molecular complexity index is 4730. The lowest BCUT2D eigenvalue weighted by molar-refractivity contribution is 0.397. The molecule has 0 unspecified atom stereocenters. The second kappa shape index (κ2) is 18.5. The molecule has 5 heterocycles. The summed E-state index contributed by atoms with van der Waals surface area (Å²) >= 11 is 0. The molecule has 482 valence electrons. The van der Waals surface area contributed by atoms with Crippen molar-refractivity contribution in [1.82, 2.24) is 19.9 Å². The largest absolute Gasteiger partial charge is 0.496 e. The number of ether oxygens (including phenoxy) is 4. The predicted octanol–water partition coefficient (Wildman–Crippen LogP) is 22.3. The third-order valence-corrected chi connectivity index (χ3v) is 31.0. The first-order valence-electron chi connectivity index (χ1n) is 38.7. The number of benzene rings is 4. The molecule has 3 aromatic heterocycles. The first-order chi connectivity index (χ1) is 47.4. The van der Waals surface area contributed by atoms with Crippen LogP contribution in [0.1, 0.15) is 361 Å². The molecule has 16 atom stereocenters. The summed E-state index contributed by atoms with van der Waals surface area (Å²) in [4.78, 5) is 21.9. The fourth-order valence-electron chi connectivity index (χ4n) is 28.1. The molecule has 18 aliphatic rings. The molecule has 4 aromatic carbocycles. The van der Waals surface area contributed by atoms with Crippen molar-refractivity contribution in [3.05, 3.63) is 136 Å². The fraction of sp³-hybridized carbons (Fsp3) is 0.500. The Kier molecular flexibility index (Phi) is 10.4. The van der Waals surface area contributed by atoms with Crippen LogP contribution in [-0.2, 0) is 0 Å². The molecule has 8 heteroatoms. The Balaban J connectivity index is 0.878. The van der Waals surface area contributed by atoms with E-state index >= 15 is 0 Å². The number of fused-ring (bicyclic) bond motifs is 48. The van der Waals surface area contributed by atoms with Gasteiger partial charge < -0.3 is 28.9 Å². The van der Waals surface area contributed by atoms with Crippen LogP contribution in [0.25, 0.3) is 90.9 Å². The Hall–Kier alpha value is -7.32. The lowest BCUT2D eigenvalue weighted by Gasteiger charge is -2.31. The van der Waals surface area contributed by atoms with Gasteiger partial charge in [0.25, 0.3) is 0 Å². The highest BCUT2D eigenvalue weighted by atomic mass is 16.5. The normalized spacial score (nSPS) is 32.5. The van der Waals surface area contributed by atoms with Crippen LogP contribution in [0.2, 0.25) is 0 Å². The van der Waals surface area contributed by atoms with Crippen LogP contribution in [0.15, 0.2) is 24.3 Å². The summed E-state index contributed by atoms with van der Waals surface area (Å²) in [6.45, 7) is 0. The summed E-state index contributed by atoms with van der Waals surface area (Å²) in [5, 5.41) is 0. The second-order valence-corrected chi connectivity index (χ2v) is 34.4. The van der Waals surface area contributed by atoms with Crippen LogP contribution in [0.3, 0.4) is 0 Å². The molecule has 16 aliphatic carbocycles. The lowest BCUT2D eigenvalue weighted by atomic mass is 9.76. The minimum Gasteiger partial charge on any atom is -0.496 e. The van der Waals surface area contributed by atoms with Crippen molar-refractivity contribution in [3.63, 3.8) is 0 Å². The van der Waals surface area contributed by atoms with Gasteiger partial charge in [-0.2, -0.15) is 0 Å². The number of hydrogen-bond donors (Lipinski definition) is 2. The van der Waals surface area contributed by atoms with Gasteiger partial charge in [-0.25, -0.2) is 9.97 Å². The zero-order valence-corrected chi connectivity index (χ0v) is 56.4. The molecule has 0 amide bonds. The average molecular weight is 1260 g/mol. The van der Waals surface area contributed by atoms with Crippen LogP contribution >= 0.6 is 0 Å². The molecule has 0 spiro atoms. The predicted molar refractivity (Wildman–Crippen MR) is 381 cm³/mol. The molecule has 96 heavy (non-hydrogen) atoms. The van der Waals surface area contributed by atoms with Crippen molar-refractivity contribution in [2.45, 2.75) is 249 Å². The van der Waals surface area contributed by atoms with Gasteiger partial charge >= 0.3 is 0 Å². The Morgan fingerprint density at radius 3 is 0.625 bits per heavy atom. The summed E-state index contributed by atoms with van der Waals surface area (Å²) in [6.07, 6.45) is 39.9. The molecule has 0 saturated heterocycles. The van der Waals surface area contributed by atoms with Gasteiger partial charge in [0.15, 0.2) is 0 Å². The van der Waals surface area contributed by atoms with E-state index in [0.29, 0.717) is 94.7 Å². The van der Waals surface area contributed by atoms with E-state index in [2.05, 4.69) is 58.5 Å². The molecule has 7 aromatic rings. The van der Waals surface area contributed by atoms with Gasteiger partial charge in [0.2, 0.25) is 0 Å². The number of nitrogens with one attached hydrogen (secondary N) is 2. The van der Waals surface area contributed by atoms with Crippen molar-refractivity contribution in [2.75, 3.05) is 28.4 Å². The second-order valence-electron chi connectivity index (χ2n) is 34.4. The van der Waals surface area contributed by atoms with Gasteiger partial charge in [0.1, 0.15) is 23.0 Å². The van der Waals surface area contributed by atoms with Gasteiger partial charge in [-0.3, -0.25) is 0 Å². The van der Waals surface area contributed by atoms with E-state index < -0.39 is 0 Å². The summed E-state index contributed by atoms with van der Waals surface area (Å²) in [5.74, 6) is 13.4. The molecule has 2 aliphatic heterocycles. The van der Waals surface area contributed by atoms with E-state index in [-0.39, 0.29) is 0 Å². The first kappa shape index (κ1) is 53.7. The maximum Gasteiger partial charge on any atom is 0.126 e. The third-order valence-electron chi connectivity index (χ3n) is 31.0. The molecule has 8 fully saturated rings. The highest BCUT2D eigenvalue weighted by Crippen LogP contribution is 2.73. The van der Waals surface area contributed by atoms with Gasteiger partial charge in [0, 0.05) is 88.8 Å². The van der Waals surface area contributed by atoms with Gasteiger partial charge in [0.05, 0.1) is 51.2 Å². The topological polar surface area (TPSA) is 94.3 Å². The molecule has 24 bridgehead atoms. The fourth-order valence-corrected chi connectivity index (χ4v) is 28.1. The molecule has 8 nitrogen and oxygen atoms in total. The average Bonchev–Trinajstić information content (AvgIpc) is 1.54.